The Balaban J connectivity index is 1.36. The molecule has 0 saturated carbocycles. The molecule has 3 atom stereocenters. The maximum absolute atomic E-state index is 13.9. The van der Waals surface area contributed by atoms with Crippen LogP contribution in [0.2, 0.25) is 0 Å². The number of fused-ring (bicyclic) bond motifs is 3. The molecule has 0 aliphatic heterocycles. The van der Waals surface area contributed by atoms with Crippen LogP contribution in [-0.4, -0.2) is 68.0 Å². The van der Waals surface area contributed by atoms with Crippen LogP contribution in [0.3, 0.4) is 0 Å². The van der Waals surface area contributed by atoms with E-state index >= 15 is 0 Å². The Kier molecular flexibility index (Phi) is 9.79. The molecule has 53 heavy (non-hydrogen) atoms. The quantitative estimate of drug-likeness (QED) is 0.198. The Morgan fingerprint density at radius 1 is 0.792 bits per heavy atom. The van der Waals surface area contributed by atoms with Crippen molar-refractivity contribution in [2.24, 2.45) is 28.2 Å². The number of nitrogens with zero attached hydrogens (tertiary/aromatic N) is 9. The van der Waals surface area contributed by atoms with Crippen molar-refractivity contribution in [1.29, 1.82) is 0 Å². The van der Waals surface area contributed by atoms with Crippen LogP contribution in [0.4, 0.5) is 4.79 Å². The van der Waals surface area contributed by atoms with Gasteiger partial charge < -0.3 is 19.4 Å². The lowest BCUT2D eigenvalue weighted by atomic mass is 10.0. The Morgan fingerprint density at radius 2 is 1.36 bits per heavy atom. The zero-order valence-electron chi connectivity index (χ0n) is 30.2. The summed E-state index contributed by atoms with van der Waals surface area (Å²) in [5, 5.41) is 3.37. The molecule has 5 aromatic heterocycles. The summed E-state index contributed by atoms with van der Waals surface area (Å²) in [6.45, 7) is 3.72. The maximum atomic E-state index is 13.9. The number of hydrogen-bond acceptors (Lipinski definition) is 12. The van der Waals surface area contributed by atoms with Gasteiger partial charge in [-0.05, 0) is 24.5 Å². The zero-order valence-corrected chi connectivity index (χ0v) is 30.2. The molecule has 6 rings (SSSR count). The van der Waals surface area contributed by atoms with Gasteiger partial charge in [0.25, 0.3) is 11.1 Å². The normalized spacial score (nSPS) is 13.3. The molecule has 0 spiro atoms. The van der Waals surface area contributed by atoms with E-state index in [-0.39, 0.29) is 40.9 Å². The van der Waals surface area contributed by atoms with Gasteiger partial charge >= 0.3 is 23.4 Å². The molecular weight excluding hydrogens is 688 g/mol. The van der Waals surface area contributed by atoms with Gasteiger partial charge in [0.1, 0.15) is 17.8 Å². The standard InChI is InChI=1S/C35H38N10O8/c1-8-23(21-15-36-28-26(38-21)30(46)43(5)34(50)41(28)3)45-17-18(19-12-10-11-13-24(19)45)14-20(40-33(49)52-7)32(48)53-25(9-2)22-16-37-29-27(39-22)31(47)44(6)35(51)42(29)4/h10-13,15-17,20,23,25H,8-9,14H2,1-7H3,(H,40,49)/t20?,23?,25-/m1/s1. The first-order chi connectivity index (χ1) is 25.3. The fraction of sp³-hybridized carbons (Fsp3) is 0.371. The number of amides is 1. The van der Waals surface area contributed by atoms with E-state index in [1.807, 2.05) is 42.0 Å². The molecule has 18 nitrogen and oxygen atoms in total. The summed E-state index contributed by atoms with van der Waals surface area (Å²) in [6.07, 6.45) is 3.72. The van der Waals surface area contributed by atoms with E-state index in [2.05, 4.69) is 25.3 Å². The fourth-order valence-electron chi connectivity index (χ4n) is 6.44. The van der Waals surface area contributed by atoms with Crippen molar-refractivity contribution in [3.8, 4) is 0 Å². The van der Waals surface area contributed by atoms with Crippen LogP contribution in [0, 0.1) is 0 Å². The monoisotopic (exact) mass is 726 g/mol. The first kappa shape index (κ1) is 36.3. The number of nitrogens with one attached hydrogen (secondary N) is 1. The number of benzene rings is 1. The number of esters is 1. The summed E-state index contributed by atoms with van der Waals surface area (Å²) in [7, 11) is 6.89. The van der Waals surface area contributed by atoms with Crippen molar-refractivity contribution < 1.29 is 19.1 Å². The lowest BCUT2D eigenvalue weighted by Crippen LogP contribution is -2.43. The molecular formula is C35H38N10O8. The van der Waals surface area contributed by atoms with Gasteiger partial charge in [0.05, 0.1) is 31.2 Å². The van der Waals surface area contributed by atoms with Gasteiger partial charge in [-0.2, -0.15) is 0 Å². The average molecular weight is 727 g/mol. The van der Waals surface area contributed by atoms with Crippen molar-refractivity contribution in [2.75, 3.05) is 7.11 Å². The Bertz CT molecular complexity index is 2670. The minimum atomic E-state index is -1.22. The summed E-state index contributed by atoms with van der Waals surface area (Å²) >= 11 is 0. The minimum Gasteiger partial charge on any atom is -0.454 e. The van der Waals surface area contributed by atoms with E-state index in [1.54, 1.807) is 13.1 Å². The van der Waals surface area contributed by atoms with E-state index in [0.717, 1.165) is 20.0 Å². The predicted octanol–water partition coefficient (Wildman–Crippen LogP) is 1.28. The molecule has 276 valence electrons. The number of para-hydroxylation sites is 1. The average Bonchev–Trinajstić information content (AvgIpc) is 3.53. The van der Waals surface area contributed by atoms with Crippen LogP contribution in [-0.2, 0) is 48.9 Å². The van der Waals surface area contributed by atoms with E-state index in [1.165, 1.54) is 50.6 Å². The van der Waals surface area contributed by atoms with Crippen molar-refractivity contribution in [2.45, 2.75) is 51.3 Å². The number of hydrogen-bond donors (Lipinski definition) is 1. The van der Waals surface area contributed by atoms with Crippen LogP contribution in [0.25, 0.3) is 33.2 Å². The first-order valence-corrected chi connectivity index (χ1v) is 16.8. The third-order valence-corrected chi connectivity index (χ3v) is 9.37. The van der Waals surface area contributed by atoms with Crippen molar-refractivity contribution in [3.63, 3.8) is 0 Å². The number of alkyl carbamates (subject to hydrolysis) is 1. The fourth-order valence-corrected chi connectivity index (χ4v) is 6.44. The van der Waals surface area contributed by atoms with Crippen LogP contribution >= 0.6 is 0 Å². The number of aryl methyl sites for hydroxylation is 2. The second-order valence-corrected chi connectivity index (χ2v) is 12.6. The topological polar surface area (TPSA) is 209 Å². The molecule has 18 heteroatoms. The van der Waals surface area contributed by atoms with Gasteiger partial charge in [-0.1, -0.05) is 32.0 Å². The SMILES string of the molecule is CCC(c1cnc2c(n1)c(=O)n(C)c(=O)n2C)n1cc(CC(NC(=O)OC)C(=O)O[C@H](CC)c2cnc3c(n2)c(=O)n(C)c(=O)n3C)c2ccccc21. The second kappa shape index (κ2) is 14.3. The van der Waals surface area contributed by atoms with E-state index < -0.39 is 52.7 Å². The third kappa shape index (κ3) is 6.36. The van der Waals surface area contributed by atoms with Crippen LogP contribution in [0.15, 0.2) is 62.0 Å². The van der Waals surface area contributed by atoms with Crippen molar-refractivity contribution in [3.05, 3.63) is 101 Å². The summed E-state index contributed by atoms with van der Waals surface area (Å²) in [5.74, 6) is -0.789. The van der Waals surface area contributed by atoms with Crippen LogP contribution in [0.5, 0.6) is 0 Å². The molecule has 0 aliphatic carbocycles. The molecule has 1 amide bonds. The van der Waals surface area contributed by atoms with Crippen molar-refractivity contribution >= 4 is 45.3 Å². The largest absolute Gasteiger partial charge is 0.454 e. The van der Waals surface area contributed by atoms with Gasteiger partial charge in [0.15, 0.2) is 22.3 Å². The van der Waals surface area contributed by atoms with Crippen molar-refractivity contribution in [1.82, 2.24) is 48.1 Å². The Labute approximate surface area is 300 Å². The highest BCUT2D eigenvalue weighted by molar-refractivity contribution is 5.87. The number of aromatic nitrogens is 9. The number of carbonyl (C=O) groups excluding carboxylic acids is 2. The molecule has 0 radical (unpaired) electrons. The minimum absolute atomic E-state index is 0.00752. The van der Waals surface area contributed by atoms with Gasteiger partial charge in [-0.3, -0.25) is 27.9 Å². The summed E-state index contributed by atoms with van der Waals surface area (Å²) in [5.41, 5.74) is 0.117. The number of rotatable bonds is 10. The number of methoxy groups -OCH3 is 1. The second-order valence-electron chi connectivity index (χ2n) is 12.6. The van der Waals surface area contributed by atoms with Gasteiger partial charge in [0, 0.05) is 51.7 Å². The molecule has 0 saturated heterocycles. The molecule has 5 heterocycles. The maximum Gasteiger partial charge on any atom is 0.407 e. The number of ether oxygens (including phenoxy) is 2. The molecule has 1 N–H and O–H groups in total. The van der Waals surface area contributed by atoms with E-state index in [9.17, 15) is 28.8 Å². The van der Waals surface area contributed by atoms with E-state index in [4.69, 9.17) is 9.47 Å². The summed E-state index contributed by atoms with van der Waals surface area (Å²) in [4.78, 5) is 95.0. The smallest absolute Gasteiger partial charge is 0.407 e. The molecule has 0 bridgehead atoms. The zero-order chi connectivity index (χ0) is 38.3. The lowest BCUT2D eigenvalue weighted by Gasteiger charge is -2.21. The van der Waals surface area contributed by atoms with Gasteiger partial charge in [-0.15, -0.1) is 0 Å². The molecule has 2 unspecified atom stereocenters. The molecule has 0 aliphatic rings. The summed E-state index contributed by atoms with van der Waals surface area (Å²) < 4.78 is 17.1. The predicted molar refractivity (Wildman–Crippen MR) is 193 cm³/mol. The summed E-state index contributed by atoms with van der Waals surface area (Å²) in [6, 6.07) is 5.89. The highest BCUT2D eigenvalue weighted by atomic mass is 16.6. The Morgan fingerprint density at radius 3 is 1.92 bits per heavy atom. The van der Waals surface area contributed by atoms with Crippen LogP contribution in [0.1, 0.15) is 55.8 Å². The Hall–Kier alpha value is -6.46. The highest BCUT2D eigenvalue weighted by Gasteiger charge is 2.30. The highest BCUT2D eigenvalue weighted by Crippen LogP contribution is 2.31. The molecule has 0 fully saturated rings. The third-order valence-electron chi connectivity index (χ3n) is 9.37. The number of carbonyl (C=O) groups is 2. The molecule has 1 aromatic carbocycles. The van der Waals surface area contributed by atoms with Gasteiger partial charge in [0.2, 0.25) is 0 Å². The molecule has 6 aromatic rings. The van der Waals surface area contributed by atoms with E-state index in [0.29, 0.717) is 17.7 Å². The van der Waals surface area contributed by atoms with Crippen LogP contribution < -0.4 is 27.8 Å². The lowest BCUT2D eigenvalue weighted by molar-refractivity contribution is -0.152. The first-order valence-electron chi connectivity index (χ1n) is 16.8. The van der Waals surface area contributed by atoms with Gasteiger partial charge in [-0.25, -0.2) is 39.1 Å².